The van der Waals surface area contributed by atoms with Crippen LogP contribution in [-0.2, 0) is 0 Å². The summed E-state index contributed by atoms with van der Waals surface area (Å²) < 4.78 is 0. The van der Waals surface area contributed by atoms with E-state index in [-0.39, 0.29) is 0 Å². The van der Waals surface area contributed by atoms with Gasteiger partial charge in [-0.15, -0.1) is 0 Å². The molecule has 118 valence electrons. The van der Waals surface area contributed by atoms with Crippen molar-refractivity contribution in [2.45, 2.75) is 0 Å². The molecule has 0 aliphatic heterocycles. The summed E-state index contributed by atoms with van der Waals surface area (Å²) >= 11 is 0. The maximum Gasteiger partial charge on any atom is 0.0918 e. The molecule has 0 unspecified atom stereocenters. The second-order valence-corrected chi connectivity index (χ2v) is 4.22. The lowest BCUT2D eigenvalue weighted by atomic mass is 10.1. The SMILES string of the molecule is C=CC=CC(C=Cc1ccccc1)=CC#N.C=CC=CC=CC#N. The van der Waals surface area contributed by atoms with Crippen molar-refractivity contribution in [3.63, 3.8) is 0 Å². The number of hydrogen-bond acceptors (Lipinski definition) is 2. The smallest absolute Gasteiger partial charge is 0.0918 e. The van der Waals surface area contributed by atoms with E-state index in [1.54, 1.807) is 36.5 Å². The van der Waals surface area contributed by atoms with Crippen LogP contribution in [0.3, 0.4) is 0 Å². The van der Waals surface area contributed by atoms with E-state index in [0.29, 0.717) is 0 Å². The molecule has 0 spiro atoms. The summed E-state index contributed by atoms with van der Waals surface area (Å²) in [6, 6.07) is 13.8. The lowest BCUT2D eigenvalue weighted by molar-refractivity contribution is 1.52. The Morgan fingerprint density at radius 3 is 2.12 bits per heavy atom. The van der Waals surface area contributed by atoms with Crippen molar-refractivity contribution in [2.24, 2.45) is 0 Å². The minimum Gasteiger partial charge on any atom is -0.193 e. The number of benzene rings is 1. The summed E-state index contributed by atoms with van der Waals surface area (Å²) in [4.78, 5) is 0. The lowest BCUT2D eigenvalue weighted by Crippen LogP contribution is -1.72. The lowest BCUT2D eigenvalue weighted by Gasteiger charge is -1.92. The second kappa shape index (κ2) is 15.8. The van der Waals surface area contributed by atoms with Gasteiger partial charge >= 0.3 is 0 Å². The van der Waals surface area contributed by atoms with Crippen LogP contribution in [0.1, 0.15) is 5.56 Å². The van der Waals surface area contributed by atoms with Gasteiger partial charge in [-0.25, -0.2) is 0 Å². The molecule has 0 aromatic heterocycles. The Hall–Kier alpha value is -3.62. The molecule has 2 heteroatoms. The number of nitriles is 2. The fraction of sp³-hybridized carbons (Fsp3) is 0. The Morgan fingerprint density at radius 2 is 1.54 bits per heavy atom. The standard InChI is InChI=1S/C15H13N.C7H7N/c1-2-3-7-15(12-13-16)11-10-14-8-5-4-6-9-14;1-2-3-4-5-6-7-8/h2-12H,1H2;2-6H,1H2. The van der Waals surface area contributed by atoms with Gasteiger partial charge in [0.15, 0.2) is 0 Å². The zero-order chi connectivity index (χ0) is 17.9. The van der Waals surface area contributed by atoms with Crippen LogP contribution in [-0.4, -0.2) is 0 Å². The van der Waals surface area contributed by atoms with Crippen LogP contribution in [0.25, 0.3) is 6.08 Å². The molecular weight excluding hydrogens is 292 g/mol. The highest BCUT2D eigenvalue weighted by Gasteiger charge is 1.86. The predicted molar refractivity (Wildman–Crippen MR) is 103 cm³/mol. The minimum atomic E-state index is 0.853. The monoisotopic (exact) mass is 312 g/mol. The number of allylic oxidation sites excluding steroid dienone is 11. The first kappa shape index (κ1) is 20.4. The van der Waals surface area contributed by atoms with E-state index in [1.807, 2.05) is 60.7 Å². The minimum absolute atomic E-state index is 0.853. The first-order valence-electron chi connectivity index (χ1n) is 7.24. The maximum absolute atomic E-state index is 8.61. The van der Waals surface area contributed by atoms with E-state index >= 15 is 0 Å². The molecule has 0 fully saturated rings. The fourth-order valence-electron chi connectivity index (χ4n) is 1.40. The number of rotatable bonds is 6. The third-order valence-corrected chi connectivity index (χ3v) is 2.45. The third kappa shape index (κ3) is 12.1. The van der Waals surface area contributed by atoms with E-state index in [1.165, 1.54) is 12.2 Å². The summed E-state index contributed by atoms with van der Waals surface area (Å²) in [6.45, 7) is 7.04. The molecule has 24 heavy (non-hydrogen) atoms. The second-order valence-electron chi connectivity index (χ2n) is 4.22. The van der Waals surface area contributed by atoms with Gasteiger partial charge in [0.1, 0.15) is 0 Å². The summed E-state index contributed by atoms with van der Waals surface area (Å²) in [5.41, 5.74) is 1.96. The molecule has 0 N–H and O–H groups in total. The molecule has 0 amide bonds. The average molecular weight is 312 g/mol. The van der Waals surface area contributed by atoms with Gasteiger partial charge in [-0.2, -0.15) is 10.5 Å². The molecule has 0 radical (unpaired) electrons. The van der Waals surface area contributed by atoms with Gasteiger partial charge in [-0.3, -0.25) is 0 Å². The van der Waals surface area contributed by atoms with Gasteiger partial charge in [0.05, 0.1) is 12.1 Å². The van der Waals surface area contributed by atoms with Crippen LogP contribution in [0, 0.1) is 22.7 Å². The van der Waals surface area contributed by atoms with Gasteiger partial charge < -0.3 is 0 Å². The Labute approximate surface area is 144 Å². The van der Waals surface area contributed by atoms with E-state index < -0.39 is 0 Å². The highest BCUT2D eigenvalue weighted by molar-refractivity contribution is 5.55. The molecule has 0 aliphatic carbocycles. The molecule has 0 atom stereocenters. The molecule has 2 nitrogen and oxygen atoms in total. The Balaban J connectivity index is 0.000000561. The van der Waals surface area contributed by atoms with Crippen LogP contribution >= 0.6 is 0 Å². The fourth-order valence-corrected chi connectivity index (χ4v) is 1.40. The van der Waals surface area contributed by atoms with Gasteiger partial charge in [0.25, 0.3) is 0 Å². The van der Waals surface area contributed by atoms with Crippen LogP contribution in [0.5, 0.6) is 0 Å². The van der Waals surface area contributed by atoms with E-state index in [0.717, 1.165) is 11.1 Å². The quantitative estimate of drug-likeness (QED) is 0.499. The van der Waals surface area contributed by atoms with Gasteiger partial charge in [-0.05, 0) is 11.1 Å². The number of nitrogens with zero attached hydrogens (tertiary/aromatic N) is 2. The van der Waals surface area contributed by atoms with Crippen molar-refractivity contribution in [1.82, 2.24) is 0 Å². The first-order valence-corrected chi connectivity index (χ1v) is 7.24. The van der Waals surface area contributed by atoms with Crippen molar-refractivity contribution < 1.29 is 0 Å². The molecule has 0 saturated heterocycles. The van der Waals surface area contributed by atoms with Crippen molar-refractivity contribution >= 4 is 6.08 Å². The van der Waals surface area contributed by atoms with Crippen molar-refractivity contribution in [3.05, 3.63) is 115 Å². The summed E-state index contributed by atoms with van der Waals surface area (Å²) in [7, 11) is 0. The average Bonchev–Trinajstić information content (AvgIpc) is 2.62. The molecule has 1 aromatic carbocycles. The molecule has 1 rings (SSSR count). The van der Waals surface area contributed by atoms with E-state index in [2.05, 4.69) is 13.2 Å². The van der Waals surface area contributed by atoms with Crippen LogP contribution in [0.4, 0.5) is 0 Å². The van der Waals surface area contributed by atoms with Crippen LogP contribution in [0.15, 0.2) is 110 Å². The van der Waals surface area contributed by atoms with Crippen LogP contribution < -0.4 is 0 Å². The molecule has 0 bridgehead atoms. The summed E-state index contributed by atoms with van der Waals surface area (Å²) in [6.07, 6.45) is 18.9. The Bertz CT molecular complexity index is 715. The predicted octanol–water partition coefficient (Wildman–Crippen LogP) is 5.70. The Morgan fingerprint density at radius 1 is 0.833 bits per heavy atom. The zero-order valence-corrected chi connectivity index (χ0v) is 13.5. The van der Waals surface area contributed by atoms with E-state index in [9.17, 15) is 0 Å². The van der Waals surface area contributed by atoms with Crippen molar-refractivity contribution in [1.29, 1.82) is 10.5 Å². The third-order valence-electron chi connectivity index (χ3n) is 2.45. The normalized spacial score (nSPS) is 11.2. The first-order chi connectivity index (χ1) is 11.8. The molecule has 0 heterocycles. The molecule has 1 aromatic rings. The number of hydrogen-bond donors (Lipinski definition) is 0. The van der Waals surface area contributed by atoms with E-state index in [4.69, 9.17) is 10.5 Å². The zero-order valence-electron chi connectivity index (χ0n) is 13.5. The topological polar surface area (TPSA) is 47.6 Å². The summed E-state index contributed by atoms with van der Waals surface area (Å²) in [5.74, 6) is 0. The summed E-state index contributed by atoms with van der Waals surface area (Å²) in [5, 5.41) is 16.6. The Kier molecular flexibility index (Phi) is 13.4. The molecule has 0 saturated carbocycles. The largest absolute Gasteiger partial charge is 0.193 e. The van der Waals surface area contributed by atoms with Gasteiger partial charge in [0, 0.05) is 12.2 Å². The molecule has 0 aliphatic rings. The van der Waals surface area contributed by atoms with Gasteiger partial charge in [-0.1, -0.05) is 98.2 Å². The maximum atomic E-state index is 8.61. The highest BCUT2D eigenvalue weighted by atomic mass is 14.2. The molecular formula is C22H20N2. The van der Waals surface area contributed by atoms with Gasteiger partial charge in [0.2, 0.25) is 0 Å². The highest BCUT2D eigenvalue weighted by Crippen LogP contribution is 2.06. The van der Waals surface area contributed by atoms with Crippen LogP contribution in [0.2, 0.25) is 0 Å². The van der Waals surface area contributed by atoms with Crippen molar-refractivity contribution in [2.75, 3.05) is 0 Å². The van der Waals surface area contributed by atoms with Crippen molar-refractivity contribution in [3.8, 4) is 12.1 Å².